The largest absolute Gasteiger partial charge is 0.370 e. The van der Waals surface area contributed by atoms with Crippen molar-refractivity contribution in [2.45, 2.75) is 13.3 Å². The van der Waals surface area contributed by atoms with E-state index in [1.807, 2.05) is 36.5 Å². The molecule has 0 aliphatic rings. The highest BCUT2D eigenvalue weighted by atomic mass is 15.0. The third-order valence-electron chi connectivity index (χ3n) is 3.39. The van der Waals surface area contributed by atoms with Gasteiger partial charge < -0.3 is 5.32 Å². The van der Waals surface area contributed by atoms with Gasteiger partial charge in [0.2, 0.25) is 0 Å². The lowest BCUT2D eigenvalue weighted by atomic mass is 10.1. The molecule has 22 heavy (non-hydrogen) atoms. The maximum absolute atomic E-state index is 4.35. The van der Waals surface area contributed by atoms with Gasteiger partial charge in [-0.3, -0.25) is 4.98 Å². The Morgan fingerprint density at radius 3 is 2.73 bits per heavy atom. The van der Waals surface area contributed by atoms with E-state index in [1.165, 1.54) is 5.56 Å². The predicted molar refractivity (Wildman–Crippen MR) is 88.6 cm³/mol. The van der Waals surface area contributed by atoms with Crippen LogP contribution in [-0.4, -0.2) is 21.5 Å². The highest BCUT2D eigenvalue weighted by Gasteiger charge is 2.02. The lowest BCUT2D eigenvalue weighted by Crippen LogP contribution is -2.07. The Kier molecular flexibility index (Phi) is 4.39. The molecule has 0 bridgehead atoms. The van der Waals surface area contributed by atoms with Crippen molar-refractivity contribution in [3.8, 4) is 11.3 Å². The SMILES string of the molecule is Cc1cccc(-c2cc(NCCc3ccccn3)ncn2)c1. The highest BCUT2D eigenvalue weighted by Crippen LogP contribution is 2.19. The Morgan fingerprint density at radius 2 is 1.91 bits per heavy atom. The minimum Gasteiger partial charge on any atom is -0.370 e. The first kappa shape index (κ1) is 14.2. The number of hydrogen-bond acceptors (Lipinski definition) is 4. The second kappa shape index (κ2) is 6.80. The van der Waals surface area contributed by atoms with Crippen LogP contribution in [0.15, 0.2) is 61.1 Å². The summed E-state index contributed by atoms with van der Waals surface area (Å²) in [5.41, 5.74) is 4.33. The van der Waals surface area contributed by atoms with E-state index in [2.05, 4.69) is 45.4 Å². The topological polar surface area (TPSA) is 50.7 Å². The molecule has 0 atom stereocenters. The average Bonchev–Trinajstić information content (AvgIpc) is 2.56. The molecule has 3 aromatic rings. The fraction of sp³-hybridized carbons (Fsp3) is 0.167. The second-order valence-electron chi connectivity index (χ2n) is 5.16. The van der Waals surface area contributed by atoms with Crippen LogP contribution in [0.2, 0.25) is 0 Å². The van der Waals surface area contributed by atoms with Crippen molar-refractivity contribution in [3.05, 3.63) is 72.3 Å². The van der Waals surface area contributed by atoms with Gasteiger partial charge in [0.25, 0.3) is 0 Å². The molecule has 0 spiro atoms. The summed E-state index contributed by atoms with van der Waals surface area (Å²) in [6.07, 6.45) is 4.28. The fourth-order valence-corrected chi connectivity index (χ4v) is 2.28. The monoisotopic (exact) mass is 290 g/mol. The lowest BCUT2D eigenvalue weighted by molar-refractivity contribution is 0.951. The molecule has 110 valence electrons. The van der Waals surface area contributed by atoms with Crippen LogP contribution >= 0.6 is 0 Å². The van der Waals surface area contributed by atoms with Gasteiger partial charge in [-0.25, -0.2) is 9.97 Å². The van der Waals surface area contributed by atoms with E-state index in [1.54, 1.807) is 6.33 Å². The van der Waals surface area contributed by atoms with Gasteiger partial charge in [0.15, 0.2) is 0 Å². The molecule has 2 heterocycles. The molecule has 0 radical (unpaired) electrons. The van der Waals surface area contributed by atoms with Gasteiger partial charge in [-0.15, -0.1) is 0 Å². The van der Waals surface area contributed by atoms with Gasteiger partial charge in [0.05, 0.1) is 5.69 Å². The van der Waals surface area contributed by atoms with Gasteiger partial charge in [-0.05, 0) is 25.1 Å². The molecular formula is C18H18N4. The molecular weight excluding hydrogens is 272 g/mol. The van der Waals surface area contributed by atoms with Gasteiger partial charge in [0, 0.05) is 36.5 Å². The smallest absolute Gasteiger partial charge is 0.129 e. The van der Waals surface area contributed by atoms with E-state index in [-0.39, 0.29) is 0 Å². The summed E-state index contributed by atoms with van der Waals surface area (Å²) in [7, 11) is 0. The van der Waals surface area contributed by atoms with Crippen molar-refractivity contribution < 1.29 is 0 Å². The number of nitrogens with one attached hydrogen (secondary N) is 1. The molecule has 0 saturated heterocycles. The molecule has 0 aliphatic heterocycles. The fourth-order valence-electron chi connectivity index (χ4n) is 2.28. The summed E-state index contributed by atoms with van der Waals surface area (Å²) in [5.74, 6) is 0.836. The summed E-state index contributed by atoms with van der Waals surface area (Å²) in [6.45, 7) is 2.87. The zero-order valence-corrected chi connectivity index (χ0v) is 12.5. The van der Waals surface area contributed by atoms with Crippen LogP contribution < -0.4 is 5.32 Å². The molecule has 0 fully saturated rings. The number of rotatable bonds is 5. The van der Waals surface area contributed by atoms with Crippen molar-refractivity contribution in [2.75, 3.05) is 11.9 Å². The Bertz CT molecular complexity index is 741. The number of hydrogen-bond donors (Lipinski definition) is 1. The first-order valence-corrected chi connectivity index (χ1v) is 7.34. The van der Waals surface area contributed by atoms with E-state index in [0.717, 1.165) is 35.7 Å². The van der Waals surface area contributed by atoms with Crippen LogP contribution in [0.4, 0.5) is 5.82 Å². The van der Waals surface area contributed by atoms with Crippen LogP contribution in [0, 0.1) is 6.92 Å². The molecule has 4 nitrogen and oxygen atoms in total. The van der Waals surface area contributed by atoms with Crippen LogP contribution in [0.25, 0.3) is 11.3 Å². The standard InChI is InChI=1S/C18H18N4/c1-14-5-4-6-15(11-14)17-12-18(22-13-21-17)20-10-8-16-7-2-3-9-19-16/h2-7,9,11-13H,8,10H2,1H3,(H,20,21,22). The minimum atomic E-state index is 0.793. The normalized spacial score (nSPS) is 10.4. The first-order valence-electron chi connectivity index (χ1n) is 7.34. The Labute approximate surface area is 130 Å². The molecule has 4 heteroatoms. The third-order valence-corrected chi connectivity index (χ3v) is 3.39. The van der Waals surface area contributed by atoms with E-state index in [4.69, 9.17) is 0 Å². The zero-order chi connectivity index (χ0) is 15.2. The first-order chi connectivity index (χ1) is 10.8. The van der Waals surface area contributed by atoms with Crippen LogP contribution in [-0.2, 0) is 6.42 Å². The van der Waals surface area contributed by atoms with Crippen LogP contribution in [0.5, 0.6) is 0 Å². The van der Waals surface area contributed by atoms with Gasteiger partial charge in [-0.2, -0.15) is 0 Å². The van der Waals surface area contributed by atoms with Crippen molar-refractivity contribution in [2.24, 2.45) is 0 Å². The highest BCUT2D eigenvalue weighted by molar-refractivity contribution is 5.62. The van der Waals surface area contributed by atoms with Gasteiger partial charge >= 0.3 is 0 Å². The molecule has 2 aromatic heterocycles. The molecule has 1 N–H and O–H groups in total. The molecule has 0 unspecified atom stereocenters. The number of benzene rings is 1. The minimum absolute atomic E-state index is 0.793. The summed E-state index contributed by atoms with van der Waals surface area (Å²) >= 11 is 0. The third kappa shape index (κ3) is 3.67. The number of aromatic nitrogens is 3. The lowest BCUT2D eigenvalue weighted by Gasteiger charge is -2.07. The predicted octanol–water partition coefficient (Wildman–Crippen LogP) is 3.50. The van der Waals surface area contributed by atoms with Gasteiger partial charge in [-0.1, -0.05) is 29.8 Å². The van der Waals surface area contributed by atoms with Crippen LogP contribution in [0.1, 0.15) is 11.3 Å². The Balaban J connectivity index is 1.66. The van der Waals surface area contributed by atoms with Gasteiger partial charge in [0.1, 0.15) is 12.1 Å². The van der Waals surface area contributed by atoms with Crippen molar-refractivity contribution in [3.63, 3.8) is 0 Å². The van der Waals surface area contributed by atoms with E-state index in [0.29, 0.717) is 0 Å². The number of aryl methyl sites for hydroxylation is 1. The summed E-state index contributed by atoms with van der Waals surface area (Å²) < 4.78 is 0. The average molecular weight is 290 g/mol. The second-order valence-corrected chi connectivity index (χ2v) is 5.16. The molecule has 1 aromatic carbocycles. The Hall–Kier alpha value is -2.75. The van der Waals surface area contributed by atoms with Crippen LogP contribution in [0.3, 0.4) is 0 Å². The van der Waals surface area contributed by atoms with E-state index < -0.39 is 0 Å². The number of anilines is 1. The maximum Gasteiger partial charge on any atom is 0.129 e. The quantitative estimate of drug-likeness (QED) is 0.781. The van der Waals surface area contributed by atoms with E-state index >= 15 is 0 Å². The summed E-state index contributed by atoms with van der Waals surface area (Å²) in [4.78, 5) is 12.9. The molecule has 0 saturated carbocycles. The molecule has 0 amide bonds. The molecule has 3 rings (SSSR count). The van der Waals surface area contributed by atoms with Crippen molar-refractivity contribution in [1.29, 1.82) is 0 Å². The molecule has 0 aliphatic carbocycles. The summed E-state index contributed by atoms with van der Waals surface area (Å²) in [5, 5.41) is 3.33. The van der Waals surface area contributed by atoms with Crippen molar-refractivity contribution in [1.82, 2.24) is 15.0 Å². The maximum atomic E-state index is 4.35. The summed E-state index contributed by atoms with van der Waals surface area (Å²) in [6, 6.07) is 16.2. The zero-order valence-electron chi connectivity index (χ0n) is 12.5. The number of pyridine rings is 1. The Morgan fingerprint density at radius 1 is 0.955 bits per heavy atom. The van der Waals surface area contributed by atoms with Crippen molar-refractivity contribution >= 4 is 5.82 Å². The van der Waals surface area contributed by atoms with E-state index in [9.17, 15) is 0 Å². The number of nitrogens with zero attached hydrogens (tertiary/aromatic N) is 3.